The first kappa shape index (κ1) is 18.9. The zero-order valence-electron chi connectivity index (χ0n) is 15.6. The van der Waals surface area contributed by atoms with E-state index in [2.05, 4.69) is 20.8 Å². The van der Waals surface area contributed by atoms with Gasteiger partial charge in [-0.1, -0.05) is 54.2 Å². The Hall–Kier alpha value is -3.39. The number of tetrazole rings is 1. The Labute approximate surface area is 172 Å². The van der Waals surface area contributed by atoms with E-state index in [9.17, 15) is 4.79 Å². The van der Waals surface area contributed by atoms with E-state index >= 15 is 0 Å². The quantitative estimate of drug-likeness (QED) is 0.451. The highest BCUT2D eigenvalue weighted by Crippen LogP contribution is 2.21. The smallest absolute Gasteiger partial charge is 0.251 e. The van der Waals surface area contributed by atoms with E-state index in [1.165, 1.54) is 11.8 Å². The van der Waals surface area contributed by atoms with Gasteiger partial charge in [-0.15, -0.1) is 5.10 Å². The first-order chi connectivity index (χ1) is 14.3. The number of amides is 1. The maximum atomic E-state index is 12.4. The van der Waals surface area contributed by atoms with Crippen molar-refractivity contribution in [2.75, 3.05) is 0 Å². The van der Waals surface area contributed by atoms with Crippen LogP contribution in [-0.4, -0.2) is 26.1 Å². The van der Waals surface area contributed by atoms with Crippen LogP contribution >= 0.6 is 11.8 Å². The standard InChI is InChI=1S/C21H19N5O2S/c27-20(22-13-19-10-5-11-28-19)18-9-4-8-17(12-18)15-29-21-23-24-25-26(21)14-16-6-2-1-3-7-16/h1-12H,13-15H2,(H,22,27). The molecule has 7 nitrogen and oxygen atoms in total. The fourth-order valence-corrected chi connectivity index (χ4v) is 3.61. The maximum absolute atomic E-state index is 12.4. The molecule has 4 rings (SSSR count). The van der Waals surface area contributed by atoms with Gasteiger partial charge in [-0.05, 0) is 45.8 Å². The summed E-state index contributed by atoms with van der Waals surface area (Å²) in [5.41, 5.74) is 2.77. The molecule has 2 aromatic heterocycles. The SMILES string of the molecule is O=C(NCc1ccco1)c1cccc(CSc2nnnn2Cc2ccccc2)c1. The molecule has 4 aromatic rings. The first-order valence-electron chi connectivity index (χ1n) is 9.10. The molecule has 0 atom stereocenters. The molecule has 1 N–H and O–H groups in total. The fourth-order valence-electron chi connectivity index (χ4n) is 2.79. The maximum Gasteiger partial charge on any atom is 0.251 e. The number of hydrogen-bond acceptors (Lipinski definition) is 6. The summed E-state index contributed by atoms with van der Waals surface area (Å²) in [6.07, 6.45) is 1.59. The predicted molar refractivity (Wildman–Crippen MR) is 109 cm³/mol. The minimum Gasteiger partial charge on any atom is -0.467 e. The van der Waals surface area contributed by atoms with Gasteiger partial charge in [0.25, 0.3) is 5.91 Å². The van der Waals surface area contributed by atoms with Crippen LogP contribution in [0.1, 0.15) is 27.2 Å². The lowest BCUT2D eigenvalue weighted by Crippen LogP contribution is -2.22. The second-order valence-corrected chi connectivity index (χ2v) is 7.30. The predicted octanol–water partition coefficient (Wildman–Crippen LogP) is 3.54. The first-order valence-corrected chi connectivity index (χ1v) is 10.1. The molecule has 8 heteroatoms. The molecule has 0 unspecified atom stereocenters. The van der Waals surface area contributed by atoms with Gasteiger partial charge in [0.1, 0.15) is 5.76 Å². The third-order valence-corrected chi connectivity index (χ3v) is 5.26. The van der Waals surface area contributed by atoms with Gasteiger partial charge in [-0.2, -0.15) is 0 Å². The largest absolute Gasteiger partial charge is 0.467 e. The molecule has 2 heterocycles. The number of carbonyl (C=O) groups is 1. The number of benzene rings is 2. The van der Waals surface area contributed by atoms with Crippen molar-refractivity contribution in [1.29, 1.82) is 0 Å². The Bertz CT molecular complexity index is 1060. The number of aromatic nitrogens is 4. The van der Waals surface area contributed by atoms with Crippen LogP contribution < -0.4 is 5.32 Å². The summed E-state index contributed by atoms with van der Waals surface area (Å²) < 4.78 is 7.02. The van der Waals surface area contributed by atoms with Crippen molar-refractivity contribution in [1.82, 2.24) is 25.5 Å². The summed E-state index contributed by atoms with van der Waals surface area (Å²) in [5.74, 6) is 1.24. The summed E-state index contributed by atoms with van der Waals surface area (Å²) in [7, 11) is 0. The van der Waals surface area contributed by atoms with Crippen molar-refractivity contribution in [2.45, 2.75) is 24.0 Å². The third kappa shape index (κ3) is 5.11. The second kappa shape index (κ2) is 9.20. The topological polar surface area (TPSA) is 85.8 Å². The fraction of sp³-hybridized carbons (Fsp3) is 0.143. The molecule has 0 fully saturated rings. The van der Waals surface area contributed by atoms with E-state index in [4.69, 9.17) is 4.42 Å². The number of hydrogen-bond donors (Lipinski definition) is 1. The second-order valence-electron chi connectivity index (χ2n) is 6.36. The molecule has 0 bridgehead atoms. The minimum atomic E-state index is -0.137. The summed E-state index contributed by atoms with van der Waals surface area (Å²) >= 11 is 1.54. The molecule has 0 saturated carbocycles. The molecule has 0 aliphatic carbocycles. The molecule has 2 aromatic carbocycles. The van der Waals surface area contributed by atoms with Crippen molar-refractivity contribution in [3.8, 4) is 0 Å². The van der Waals surface area contributed by atoms with Crippen molar-refractivity contribution in [3.63, 3.8) is 0 Å². The van der Waals surface area contributed by atoms with E-state index in [1.807, 2.05) is 54.6 Å². The Morgan fingerprint density at radius 3 is 2.72 bits per heavy atom. The average Bonchev–Trinajstić information content (AvgIpc) is 3.43. The molecule has 0 aliphatic heterocycles. The molecular formula is C21H19N5O2S. The lowest BCUT2D eigenvalue weighted by atomic mass is 10.1. The lowest BCUT2D eigenvalue weighted by Gasteiger charge is -2.07. The number of nitrogens with one attached hydrogen (secondary N) is 1. The van der Waals surface area contributed by atoms with Gasteiger partial charge in [-0.25, -0.2) is 4.68 Å². The highest BCUT2D eigenvalue weighted by Gasteiger charge is 2.10. The Morgan fingerprint density at radius 2 is 1.90 bits per heavy atom. The Kier molecular flexibility index (Phi) is 6.01. The van der Waals surface area contributed by atoms with Crippen LogP contribution in [0, 0.1) is 0 Å². The van der Waals surface area contributed by atoms with Crippen LogP contribution in [0.25, 0.3) is 0 Å². The Balaban J connectivity index is 1.36. The molecule has 29 heavy (non-hydrogen) atoms. The number of furan rings is 1. The van der Waals surface area contributed by atoms with Gasteiger partial charge in [0.05, 0.1) is 19.4 Å². The molecule has 146 valence electrons. The van der Waals surface area contributed by atoms with Crippen molar-refractivity contribution in [3.05, 3.63) is 95.4 Å². The number of thioether (sulfide) groups is 1. The third-order valence-electron chi connectivity index (χ3n) is 4.23. The van der Waals surface area contributed by atoms with Crippen LogP contribution in [-0.2, 0) is 18.8 Å². The summed E-state index contributed by atoms with van der Waals surface area (Å²) in [6, 6.07) is 21.2. The lowest BCUT2D eigenvalue weighted by molar-refractivity contribution is 0.0948. The number of carbonyl (C=O) groups excluding carboxylic acids is 1. The van der Waals surface area contributed by atoms with Gasteiger partial charge in [0.15, 0.2) is 0 Å². The van der Waals surface area contributed by atoms with Crippen molar-refractivity contribution in [2.24, 2.45) is 0 Å². The van der Waals surface area contributed by atoms with Gasteiger partial charge in [0.2, 0.25) is 5.16 Å². The molecule has 0 spiro atoms. The highest BCUT2D eigenvalue weighted by molar-refractivity contribution is 7.98. The average molecular weight is 405 g/mol. The number of rotatable bonds is 8. The number of nitrogens with zero attached hydrogens (tertiary/aromatic N) is 4. The highest BCUT2D eigenvalue weighted by atomic mass is 32.2. The van der Waals surface area contributed by atoms with Gasteiger partial charge in [-0.3, -0.25) is 4.79 Å². The summed E-state index contributed by atoms with van der Waals surface area (Å²) in [4.78, 5) is 12.4. The van der Waals surface area contributed by atoms with Gasteiger partial charge < -0.3 is 9.73 Å². The van der Waals surface area contributed by atoms with E-state index in [0.717, 1.165) is 22.0 Å². The van der Waals surface area contributed by atoms with Crippen molar-refractivity contribution >= 4 is 17.7 Å². The van der Waals surface area contributed by atoms with Crippen LogP contribution in [0.5, 0.6) is 0 Å². The zero-order chi connectivity index (χ0) is 19.9. The monoisotopic (exact) mass is 405 g/mol. The van der Waals surface area contributed by atoms with E-state index in [-0.39, 0.29) is 5.91 Å². The van der Waals surface area contributed by atoms with Crippen molar-refractivity contribution < 1.29 is 9.21 Å². The van der Waals surface area contributed by atoms with Crippen LogP contribution in [0.2, 0.25) is 0 Å². The van der Waals surface area contributed by atoms with E-state index < -0.39 is 0 Å². The molecule has 0 radical (unpaired) electrons. The summed E-state index contributed by atoms with van der Waals surface area (Å²) in [5, 5.41) is 15.6. The molecule has 1 amide bonds. The molecule has 0 aliphatic rings. The van der Waals surface area contributed by atoms with Crippen LogP contribution in [0.4, 0.5) is 0 Å². The van der Waals surface area contributed by atoms with E-state index in [1.54, 1.807) is 23.1 Å². The van der Waals surface area contributed by atoms with E-state index in [0.29, 0.717) is 24.4 Å². The minimum absolute atomic E-state index is 0.137. The normalized spacial score (nSPS) is 10.8. The van der Waals surface area contributed by atoms with Crippen LogP contribution in [0.15, 0.2) is 82.6 Å². The zero-order valence-corrected chi connectivity index (χ0v) is 16.4. The molecule has 0 saturated heterocycles. The van der Waals surface area contributed by atoms with Gasteiger partial charge in [0, 0.05) is 11.3 Å². The summed E-state index contributed by atoms with van der Waals surface area (Å²) in [6.45, 7) is 0.977. The Morgan fingerprint density at radius 1 is 1.03 bits per heavy atom. The van der Waals surface area contributed by atoms with Gasteiger partial charge >= 0.3 is 0 Å². The van der Waals surface area contributed by atoms with Crippen LogP contribution in [0.3, 0.4) is 0 Å². The molecular weight excluding hydrogens is 386 g/mol.